The topological polar surface area (TPSA) is 3.24 Å². The molecule has 0 bridgehead atoms. The molecule has 36 heavy (non-hydrogen) atoms. The van der Waals surface area contributed by atoms with E-state index in [9.17, 15) is 0 Å². The summed E-state index contributed by atoms with van der Waals surface area (Å²) in [5, 5.41) is 7.73. The summed E-state index contributed by atoms with van der Waals surface area (Å²) in [5.74, 6) is 0. The number of halogens is 1. The minimum absolute atomic E-state index is 1.07. The van der Waals surface area contributed by atoms with Gasteiger partial charge in [0.1, 0.15) is 0 Å². The van der Waals surface area contributed by atoms with Crippen molar-refractivity contribution in [2.24, 2.45) is 0 Å². The van der Waals surface area contributed by atoms with E-state index in [1.165, 1.54) is 49.1 Å². The van der Waals surface area contributed by atoms with Crippen LogP contribution < -0.4 is 4.90 Å². The molecular formula is C34H22BrN. The standard InChI is InChI=1S/C34H22BrN/c35-28-16-20-30(21-17-28)36(29-18-14-24(15-19-29)23-6-2-1-3-7-23)32-22-27-10-4-8-25-12-13-26-9-5-11-31(32)34(26)33(25)27/h1-22H. The molecule has 170 valence electrons. The summed E-state index contributed by atoms with van der Waals surface area (Å²) in [6.07, 6.45) is 0. The van der Waals surface area contributed by atoms with Gasteiger partial charge in [-0.15, -0.1) is 0 Å². The average Bonchev–Trinajstić information content (AvgIpc) is 2.94. The van der Waals surface area contributed by atoms with Gasteiger partial charge >= 0.3 is 0 Å². The van der Waals surface area contributed by atoms with E-state index in [0.29, 0.717) is 0 Å². The van der Waals surface area contributed by atoms with Crippen LogP contribution in [0.25, 0.3) is 43.4 Å². The number of anilines is 3. The molecule has 0 saturated carbocycles. The van der Waals surface area contributed by atoms with Gasteiger partial charge in [-0.3, -0.25) is 0 Å². The first-order valence-corrected chi connectivity index (χ1v) is 12.9. The molecular weight excluding hydrogens is 502 g/mol. The van der Waals surface area contributed by atoms with Crippen LogP contribution in [0.4, 0.5) is 17.1 Å². The van der Waals surface area contributed by atoms with Crippen molar-refractivity contribution in [3.63, 3.8) is 0 Å². The maximum atomic E-state index is 3.61. The maximum Gasteiger partial charge on any atom is 0.0546 e. The lowest BCUT2D eigenvalue weighted by Crippen LogP contribution is -2.10. The van der Waals surface area contributed by atoms with E-state index in [-0.39, 0.29) is 0 Å². The smallest absolute Gasteiger partial charge is 0.0546 e. The molecule has 0 aliphatic rings. The van der Waals surface area contributed by atoms with E-state index >= 15 is 0 Å². The number of nitrogens with zero attached hydrogens (tertiary/aromatic N) is 1. The average molecular weight is 524 g/mol. The molecule has 0 aromatic heterocycles. The molecule has 2 heteroatoms. The lowest BCUT2D eigenvalue weighted by Gasteiger charge is -2.28. The minimum Gasteiger partial charge on any atom is -0.310 e. The molecule has 0 unspecified atom stereocenters. The monoisotopic (exact) mass is 523 g/mol. The van der Waals surface area contributed by atoms with Crippen molar-refractivity contribution < 1.29 is 0 Å². The first-order chi connectivity index (χ1) is 17.8. The molecule has 0 amide bonds. The number of hydrogen-bond acceptors (Lipinski definition) is 1. The van der Waals surface area contributed by atoms with Crippen LogP contribution in [0, 0.1) is 0 Å². The highest BCUT2D eigenvalue weighted by molar-refractivity contribution is 9.10. The second kappa shape index (κ2) is 8.51. The van der Waals surface area contributed by atoms with Crippen LogP contribution in [0.3, 0.4) is 0 Å². The summed E-state index contributed by atoms with van der Waals surface area (Å²) in [5.41, 5.74) is 5.88. The fourth-order valence-electron chi connectivity index (χ4n) is 5.38. The highest BCUT2D eigenvalue weighted by atomic mass is 79.9. The Balaban J connectivity index is 1.50. The van der Waals surface area contributed by atoms with Crippen LogP contribution >= 0.6 is 15.9 Å². The third-order valence-electron chi connectivity index (χ3n) is 7.04. The van der Waals surface area contributed by atoms with Crippen LogP contribution in [-0.2, 0) is 0 Å². The third-order valence-corrected chi connectivity index (χ3v) is 7.57. The largest absolute Gasteiger partial charge is 0.310 e. The van der Waals surface area contributed by atoms with Crippen molar-refractivity contribution in [3.8, 4) is 11.1 Å². The van der Waals surface area contributed by atoms with E-state index in [0.717, 1.165) is 15.8 Å². The highest BCUT2D eigenvalue weighted by Crippen LogP contribution is 2.45. The van der Waals surface area contributed by atoms with Crippen molar-refractivity contribution in [2.75, 3.05) is 4.90 Å². The van der Waals surface area contributed by atoms with Gasteiger partial charge in [0.2, 0.25) is 0 Å². The Morgan fingerprint density at radius 2 is 1.03 bits per heavy atom. The van der Waals surface area contributed by atoms with E-state index in [1.54, 1.807) is 0 Å². The van der Waals surface area contributed by atoms with E-state index in [1.807, 2.05) is 0 Å². The van der Waals surface area contributed by atoms with E-state index in [2.05, 4.69) is 154 Å². The van der Waals surface area contributed by atoms with Gasteiger partial charge in [0, 0.05) is 21.2 Å². The highest BCUT2D eigenvalue weighted by Gasteiger charge is 2.19. The Kier molecular flexibility index (Phi) is 5.00. The van der Waals surface area contributed by atoms with Crippen LogP contribution in [0.5, 0.6) is 0 Å². The number of rotatable bonds is 4. The number of benzene rings is 7. The second-order valence-electron chi connectivity index (χ2n) is 9.17. The molecule has 0 heterocycles. The van der Waals surface area contributed by atoms with Crippen molar-refractivity contribution in [2.45, 2.75) is 0 Å². The molecule has 0 aliphatic carbocycles. The molecule has 0 atom stereocenters. The van der Waals surface area contributed by atoms with Gasteiger partial charge in [-0.25, -0.2) is 0 Å². The number of hydrogen-bond donors (Lipinski definition) is 0. The Hall–Kier alpha value is -4.14. The molecule has 7 aromatic rings. The van der Waals surface area contributed by atoms with Crippen LogP contribution in [0.15, 0.2) is 138 Å². The van der Waals surface area contributed by atoms with Gasteiger partial charge in [-0.05, 0) is 80.5 Å². The van der Waals surface area contributed by atoms with Crippen molar-refractivity contribution >= 4 is 65.3 Å². The second-order valence-corrected chi connectivity index (χ2v) is 10.1. The summed E-state index contributed by atoms with van der Waals surface area (Å²) >= 11 is 3.61. The molecule has 0 radical (unpaired) electrons. The van der Waals surface area contributed by atoms with Gasteiger partial charge < -0.3 is 4.90 Å². The summed E-state index contributed by atoms with van der Waals surface area (Å²) < 4.78 is 1.07. The Morgan fingerprint density at radius 3 is 1.75 bits per heavy atom. The first-order valence-electron chi connectivity index (χ1n) is 12.1. The fourth-order valence-corrected chi connectivity index (χ4v) is 5.64. The van der Waals surface area contributed by atoms with E-state index < -0.39 is 0 Å². The normalized spacial score (nSPS) is 11.5. The van der Waals surface area contributed by atoms with Crippen LogP contribution in [-0.4, -0.2) is 0 Å². The summed E-state index contributed by atoms with van der Waals surface area (Å²) in [6, 6.07) is 48.1. The van der Waals surface area contributed by atoms with Crippen LogP contribution in [0.1, 0.15) is 0 Å². The maximum absolute atomic E-state index is 3.61. The van der Waals surface area contributed by atoms with Crippen molar-refractivity contribution in [3.05, 3.63) is 138 Å². The van der Waals surface area contributed by atoms with Crippen LogP contribution in [0.2, 0.25) is 0 Å². The summed E-state index contributed by atoms with van der Waals surface area (Å²) in [6.45, 7) is 0. The van der Waals surface area contributed by atoms with Gasteiger partial charge in [0.25, 0.3) is 0 Å². The molecule has 0 fully saturated rings. The quantitative estimate of drug-likeness (QED) is 0.207. The molecule has 0 N–H and O–H groups in total. The fraction of sp³-hybridized carbons (Fsp3) is 0. The van der Waals surface area contributed by atoms with Crippen molar-refractivity contribution in [1.82, 2.24) is 0 Å². The zero-order valence-electron chi connectivity index (χ0n) is 19.5. The predicted octanol–water partition coefficient (Wildman–Crippen LogP) is 10.5. The van der Waals surface area contributed by atoms with Gasteiger partial charge in [0.15, 0.2) is 0 Å². The van der Waals surface area contributed by atoms with Crippen molar-refractivity contribution in [1.29, 1.82) is 0 Å². The van der Waals surface area contributed by atoms with Gasteiger partial charge in [-0.1, -0.05) is 107 Å². The summed E-state index contributed by atoms with van der Waals surface area (Å²) in [4.78, 5) is 2.38. The molecule has 0 spiro atoms. The Morgan fingerprint density at radius 1 is 0.444 bits per heavy atom. The summed E-state index contributed by atoms with van der Waals surface area (Å²) in [7, 11) is 0. The first kappa shape index (κ1) is 21.2. The molecule has 0 saturated heterocycles. The lowest BCUT2D eigenvalue weighted by atomic mass is 9.92. The molecule has 1 nitrogen and oxygen atoms in total. The van der Waals surface area contributed by atoms with E-state index in [4.69, 9.17) is 0 Å². The Labute approximate surface area is 218 Å². The van der Waals surface area contributed by atoms with Gasteiger partial charge in [0.05, 0.1) is 5.69 Å². The Bertz CT molecular complexity index is 1820. The van der Waals surface area contributed by atoms with Gasteiger partial charge in [-0.2, -0.15) is 0 Å². The zero-order valence-corrected chi connectivity index (χ0v) is 21.1. The molecule has 7 rings (SSSR count). The SMILES string of the molecule is Brc1ccc(N(c2ccc(-c3ccccc3)cc2)c2cc3cccc4ccc5cccc2c5c43)cc1. The third kappa shape index (κ3) is 3.45. The minimum atomic E-state index is 1.07. The molecule has 0 aliphatic heterocycles. The lowest BCUT2D eigenvalue weighted by molar-refractivity contribution is 1.30. The predicted molar refractivity (Wildman–Crippen MR) is 158 cm³/mol. The zero-order chi connectivity index (χ0) is 24.1. The molecule has 7 aromatic carbocycles.